The fourth-order valence-corrected chi connectivity index (χ4v) is 7.79. The number of fused-ring (bicyclic) bond motifs is 4. The standard InChI is InChI=1S/C26H32O5/c1-24-14-19(16-2-4-17(27)5-3-16)23-18(20(24)6-7-22(24)28)8-10-25(29)15-26(11-9-21(23)25)30-12-13-31-26/h2-5,18-20,27,29H,6-15H2,1H3/t18?,19-,20?,24+,25-/m1/s1. The summed E-state index contributed by atoms with van der Waals surface area (Å²) in [5, 5.41) is 21.7. The number of benzene rings is 1. The van der Waals surface area contributed by atoms with Crippen molar-refractivity contribution in [3.8, 4) is 5.75 Å². The molecule has 2 N–H and O–H groups in total. The van der Waals surface area contributed by atoms with Crippen LogP contribution in [0, 0.1) is 17.3 Å². The third-order valence-corrected chi connectivity index (χ3v) is 9.23. The summed E-state index contributed by atoms with van der Waals surface area (Å²) in [6.45, 7) is 3.38. The zero-order valence-electron chi connectivity index (χ0n) is 18.2. The van der Waals surface area contributed by atoms with E-state index in [2.05, 4.69) is 6.92 Å². The van der Waals surface area contributed by atoms with E-state index >= 15 is 0 Å². The number of Topliss-reactive ketones (excluding diaryl/α,β-unsaturated/α-hetero) is 1. The van der Waals surface area contributed by atoms with Crippen LogP contribution in [0.5, 0.6) is 5.75 Å². The molecular weight excluding hydrogens is 392 g/mol. The molecule has 5 nitrogen and oxygen atoms in total. The summed E-state index contributed by atoms with van der Waals surface area (Å²) in [5.41, 5.74) is 2.53. The van der Waals surface area contributed by atoms with E-state index in [9.17, 15) is 15.0 Å². The molecule has 6 rings (SSSR count). The highest BCUT2D eigenvalue weighted by atomic mass is 16.7. The molecule has 1 aromatic carbocycles. The summed E-state index contributed by atoms with van der Waals surface area (Å²) < 4.78 is 12.0. The molecule has 0 radical (unpaired) electrons. The van der Waals surface area contributed by atoms with Crippen LogP contribution in [0.3, 0.4) is 0 Å². The van der Waals surface area contributed by atoms with Crippen molar-refractivity contribution in [2.24, 2.45) is 17.3 Å². The van der Waals surface area contributed by atoms with Crippen LogP contribution in [-0.4, -0.2) is 40.6 Å². The van der Waals surface area contributed by atoms with E-state index < -0.39 is 11.4 Å². The van der Waals surface area contributed by atoms with E-state index in [0.29, 0.717) is 50.1 Å². The highest BCUT2D eigenvalue weighted by molar-refractivity contribution is 5.87. The van der Waals surface area contributed by atoms with Gasteiger partial charge in [0.05, 0.1) is 18.8 Å². The molecule has 0 bridgehead atoms. The number of phenols is 1. The lowest BCUT2D eigenvalue weighted by Crippen LogP contribution is -2.53. The van der Waals surface area contributed by atoms with Crippen LogP contribution in [0.2, 0.25) is 0 Å². The van der Waals surface area contributed by atoms with Gasteiger partial charge in [0.25, 0.3) is 0 Å². The molecule has 0 amide bonds. The molecule has 1 saturated heterocycles. The Morgan fingerprint density at radius 3 is 2.52 bits per heavy atom. The molecule has 4 aliphatic carbocycles. The fourth-order valence-electron chi connectivity index (χ4n) is 7.79. The first-order chi connectivity index (χ1) is 14.8. The van der Waals surface area contributed by atoms with Crippen molar-refractivity contribution in [3.63, 3.8) is 0 Å². The van der Waals surface area contributed by atoms with Crippen LogP contribution in [-0.2, 0) is 14.3 Å². The number of rotatable bonds is 1. The predicted octanol–water partition coefficient (Wildman–Crippen LogP) is 4.23. The summed E-state index contributed by atoms with van der Waals surface area (Å²) in [4.78, 5) is 13.0. The zero-order chi connectivity index (χ0) is 21.4. The molecule has 1 aliphatic heterocycles. The van der Waals surface area contributed by atoms with Crippen LogP contribution >= 0.6 is 0 Å². The third kappa shape index (κ3) is 2.82. The van der Waals surface area contributed by atoms with Gasteiger partial charge in [0, 0.05) is 30.6 Å². The first kappa shape index (κ1) is 20.0. The number of carbonyl (C=O) groups is 1. The fraction of sp³-hybridized carbons (Fsp3) is 0.654. The van der Waals surface area contributed by atoms with Gasteiger partial charge in [-0.05, 0) is 67.2 Å². The second-order valence-corrected chi connectivity index (χ2v) is 10.7. The average molecular weight is 425 g/mol. The van der Waals surface area contributed by atoms with Crippen molar-refractivity contribution in [3.05, 3.63) is 41.0 Å². The Labute approximate surface area is 183 Å². The predicted molar refractivity (Wildman–Crippen MR) is 114 cm³/mol. The number of ether oxygens (including phenoxy) is 2. The Balaban J connectivity index is 1.48. The molecule has 5 aliphatic rings. The average Bonchev–Trinajstić information content (AvgIpc) is 3.31. The van der Waals surface area contributed by atoms with Gasteiger partial charge in [0.1, 0.15) is 11.5 Å². The molecule has 1 spiro atoms. The maximum absolute atomic E-state index is 13.0. The molecule has 0 aromatic heterocycles. The van der Waals surface area contributed by atoms with Crippen LogP contribution in [0.4, 0.5) is 0 Å². The summed E-state index contributed by atoms with van der Waals surface area (Å²) in [6, 6.07) is 7.47. The summed E-state index contributed by atoms with van der Waals surface area (Å²) in [7, 11) is 0. The van der Waals surface area contributed by atoms with Gasteiger partial charge in [-0.1, -0.05) is 24.6 Å². The Kier molecular flexibility index (Phi) is 4.29. The van der Waals surface area contributed by atoms with Crippen molar-refractivity contribution in [1.29, 1.82) is 0 Å². The summed E-state index contributed by atoms with van der Waals surface area (Å²) in [6.07, 6.45) is 6.14. The number of aromatic hydroxyl groups is 1. The molecule has 31 heavy (non-hydrogen) atoms. The number of allylic oxidation sites excluding steroid dienone is 1. The van der Waals surface area contributed by atoms with Gasteiger partial charge < -0.3 is 19.7 Å². The minimum atomic E-state index is -0.889. The van der Waals surface area contributed by atoms with Crippen molar-refractivity contribution in [2.75, 3.05) is 13.2 Å². The molecule has 5 heteroatoms. The number of phenolic OH excluding ortho intramolecular Hbond substituents is 1. The van der Waals surface area contributed by atoms with Crippen LogP contribution in [0.15, 0.2) is 35.4 Å². The molecule has 2 unspecified atom stereocenters. The van der Waals surface area contributed by atoms with E-state index in [1.807, 2.05) is 12.1 Å². The van der Waals surface area contributed by atoms with Gasteiger partial charge in [0.15, 0.2) is 5.79 Å². The van der Waals surface area contributed by atoms with Gasteiger partial charge in [-0.15, -0.1) is 0 Å². The first-order valence-corrected chi connectivity index (χ1v) is 11.9. The van der Waals surface area contributed by atoms with Gasteiger partial charge in [0.2, 0.25) is 0 Å². The SMILES string of the molecule is C[C@]12C[C@H](c3ccc(O)cc3)C3=C4CCC5(C[C@]4(O)CCC3C1CCC2=O)OCCO5. The highest BCUT2D eigenvalue weighted by Gasteiger charge is 2.60. The van der Waals surface area contributed by atoms with E-state index in [4.69, 9.17) is 9.47 Å². The minimum absolute atomic E-state index is 0.107. The first-order valence-electron chi connectivity index (χ1n) is 11.9. The number of aliphatic hydroxyl groups is 1. The van der Waals surface area contributed by atoms with E-state index in [1.165, 1.54) is 11.1 Å². The summed E-state index contributed by atoms with van der Waals surface area (Å²) >= 11 is 0. The zero-order valence-corrected chi connectivity index (χ0v) is 18.2. The lowest BCUT2D eigenvalue weighted by molar-refractivity contribution is -0.208. The number of ketones is 1. The van der Waals surface area contributed by atoms with Crippen molar-refractivity contribution >= 4 is 5.78 Å². The molecule has 166 valence electrons. The number of hydrogen-bond acceptors (Lipinski definition) is 5. The lowest BCUT2D eigenvalue weighted by atomic mass is 9.51. The van der Waals surface area contributed by atoms with Crippen LogP contribution < -0.4 is 0 Å². The maximum Gasteiger partial charge on any atom is 0.171 e. The Hall–Kier alpha value is -1.69. The number of carbonyl (C=O) groups excluding carboxylic acids is 1. The van der Waals surface area contributed by atoms with Gasteiger partial charge in [-0.3, -0.25) is 4.79 Å². The van der Waals surface area contributed by atoms with Gasteiger partial charge in [-0.25, -0.2) is 0 Å². The monoisotopic (exact) mass is 424 g/mol. The molecule has 3 saturated carbocycles. The minimum Gasteiger partial charge on any atom is -0.508 e. The Morgan fingerprint density at radius 1 is 1.03 bits per heavy atom. The summed E-state index contributed by atoms with van der Waals surface area (Å²) in [5.74, 6) is 0.849. The smallest absolute Gasteiger partial charge is 0.171 e. The second kappa shape index (κ2) is 6.66. The normalized spacial score (nSPS) is 41.2. The number of hydrogen-bond donors (Lipinski definition) is 2. The lowest BCUT2D eigenvalue weighted by Gasteiger charge is -2.55. The van der Waals surface area contributed by atoms with E-state index in [-0.39, 0.29) is 17.1 Å². The van der Waals surface area contributed by atoms with Crippen molar-refractivity contribution in [2.45, 2.75) is 75.6 Å². The quantitative estimate of drug-likeness (QED) is 0.660. The highest BCUT2D eigenvalue weighted by Crippen LogP contribution is 2.64. The maximum atomic E-state index is 13.0. The van der Waals surface area contributed by atoms with Gasteiger partial charge >= 0.3 is 0 Å². The van der Waals surface area contributed by atoms with Crippen LogP contribution in [0.25, 0.3) is 0 Å². The Bertz CT molecular complexity index is 943. The van der Waals surface area contributed by atoms with E-state index in [1.54, 1.807) is 12.1 Å². The Morgan fingerprint density at radius 2 is 1.77 bits per heavy atom. The van der Waals surface area contributed by atoms with Crippen LogP contribution in [0.1, 0.15) is 69.8 Å². The molecule has 4 fully saturated rings. The molecule has 1 aromatic rings. The van der Waals surface area contributed by atoms with Crippen molar-refractivity contribution < 1.29 is 24.5 Å². The second-order valence-electron chi connectivity index (χ2n) is 10.7. The third-order valence-electron chi connectivity index (χ3n) is 9.23. The molecule has 5 atom stereocenters. The van der Waals surface area contributed by atoms with E-state index in [0.717, 1.165) is 37.7 Å². The van der Waals surface area contributed by atoms with Crippen molar-refractivity contribution in [1.82, 2.24) is 0 Å². The van der Waals surface area contributed by atoms with Gasteiger partial charge in [-0.2, -0.15) is 0 Å². The molecular formula is C26H32O5. The largest absolute Gasteiger partial charge is 0.508 e. The molecule has 1 heterocycles. The topological polar surface area (TPSA) is 76.0 Å².